The highest BCUT2D eigenvalue weighted by atomic mass is 16.5. The lowest BCUT2D eigenvalue weighted by Crippen LogP contribution is -2.40. The molecule has 1 fully saturated rings. The van der Waals surface area contributed by atoms with Crippen molar-refractivity contribution in [1.29, 1.82) is 0 Å². The van der Waals surface area contributed by atoms with E-state index in [2.05, 4.69) is 12.2 Å². The predicted molar refractivity (Wildman–Crippen MR) is 57.4 cm³/mol. The molecule has 3 atom stereocenters. The predicted octanol–water partition coefficient (Wildman–Crippen LogP) is 1.30. The van der Waals surface area contributed by atoms with Crippen molar-refractivity contribution in [1.82, 2.24) is 5.32 Å². The molecule has 0 bridgehead atoms. The molecular weight excluding hydrogens is 178 g/mol. The van der Waals surface area contributed by atoms with Crippen LogP contribution >= 0.6 is 0 Å². The average Bonchev–Trinajstić information content (AvgIpc) is 2.47. The minimum atomic E-state index is -0.634. The van der Waals surface area contributed by atoms with E-state index in [1.54, 1.807) is 0 Å². The van der Waals surface area contributed by atoms with E-state index in [0.717, 1.165) is 25.8 Å². The Bertz CT molecular complexity index is 171. The van der Waals surface area contributed by atoms with Crippen LogP contribution in [0.5, 0.6) is 0 Å². The van der Waals surface area contributed by atoms with E-state index in [4.69, 9.17) is 4.74 Å². The zero-order chi connectivity index (χ0) is 10.6. The zero-order valence-electron chi connectivity index (χ0n) is 9.55. The van der Waals surface area contributed by atoms with Gasteiger partial charge in [0.25, 0.3) is 0 Å². The Morgan fingerprint density at radius 1 is 1.50 bits per heavy atom. The highest BCUT2D eigenvalue weighted by Gasteiger charge is 2.30. The van der Waals surface area contributed by atoms with Crippen molar-refractivity contribution in [3.05, 3.63) is 0 Å². The quantitative estimate of drug-likeness (QED) is 0.704. The molecule has 0 aromatic carbocycles. The van der Waals surface area contributed by atoms with E-state index in [1.165, 1.54) is 0 Å². The normalized spacial score (nSPS) is 31.7. The van der Waals surface area contributed by atoms with Gasteiger partial charge in [0.15, 0.2) is 0 Å². The number of ether oxygens (including phenoxy) is 1. The van der Waals surface area contributed by atoms with Crippen LogP contribution in [0.15, 0.2) is 0 Å². The fourth-order valence-corrected chi connectivity index (χ4v) is 1.99. The molecule has 0 amide bonds. The van der Waals surface area contributed by atoms with Crippen LogP contribution in [0.4, 0.5) is 0 Å². The van der Waals surface area contributed by atoms with Crippen LogP contribution in [0.25, 0.3) is 0 Å². The van der Waals surface area contributed by atoms with E-state index >= 15 is 0 Å². The molecule has 3 nitrogen and oxygen atoms in total. The van der Waals surface area contributed by atoms with Crippen molar-refractivity contribution in [2.24, 2.45) is 0 Å². The van der Waals surface area contributed by atoms with E-state index in [0.29, 0.717) is 12.6 Å². The van der Waals surface area contributed by atoms with Gasteiger partial charge in [-0.1, -0.05) is 6.92 Å². The van der Waals surface area contributed by atoms with Gasteiger partial charge < -0.3 is 15.2 Å². The minimum Gasteiger partial charge on any atom is -0.389 e. The van der Waals surface area contributed by atoms with Gasteiger partial charge in [-0.25, -0.2) is 0 Å². The van der Waals surface area contributed by atoms with Crippen molar-refractivity contribution < 1.29 is 9.84 Å². The highest BCUT2D eigenvalue weighted by molar-refractivity contribution is 4.82. The summed E-state index contributed by atoms with van der Waals surface area (Å²) in [6.45, 7) is 7.57. The van der Waals surface area contributed by atoms with E-state index < -0.39 is 5.60 Å². The molecule has 0 aromatic heterocycles. The van der Waals surface area contributed by atoms with Crippen LogP contribution in [0.2, 0.25) is 0 Å². The third kappa shape index (κ3) is 3.95. The molecule has 3 unspecified atom stereocenters. The molecule has 0 spiro atoms. The minimum absolute atomic E-state index is 0.249. The lowest BCUT2D eigenvalue weighted by molar-refractivity contribution is -0.0226. The highest BCUT2D eigenvalue weighted by Crippen LogP contribution is 2.25. The van der Waals surface area contributed by atoms with Crippen LogP contribution < -0.4 is 5.32 Å². The van der Waals surface area contributed by atoms with E-state index in [1.807, 2.05) is 13.8 Å². The fourth-order valence-electron chi connectivity index (χ4n) is 1.99. The summed E-state index contributed by atoms with van der Waals surface area (Å²) in [7, 11) is 0. The molecule has 1 heterocycles. The first-order chi connectivity index (χ1) is 6.53. The van der Waals surface area contributed by atoms with Crippen molar-refractivity contribution in [3.8, 4) is 0 Å². The number of hydrogen-bond acceptors (Lipinski definition) is 3. The van der Waals surface area contributed by atoms with Gasteiger partial charge in [-0.2, -0.15) is 0 Å². The summed E-state index contributed by atoms with van der Waals surface area (Å²) >= 11 is 0. The molecule has 84 valence electrons. The monoisotopic (exact) mass is 201 g/mol. The first-order valence-corrected chi connectivity index (χ1v) is 5.62. The molecule has 0 aliphatic carbocycles. The van der Waals surface area contributed by atoms with Crippen molar-refractivity contribution in [3.63, 3.8) is 0 Å². The number of aliphatic hydroxyl groups is 1. The Balaban J connectivity index is 2.27. The molecular formula is C11H23NO2. The third-order valence-electron chi connectivity index (χ3n) is 2.74. The molecule has 1 saturated heterocycles. The number of rotatable bonds is 5. The molecule has 3 heteroatoms. The first-order valence-electron chi connectivity index (χ1n) is 5.62. The van der Waals surface area contributed by atoms with Gasteiger partial charge in [-0.3, -0.25) is 0 Å². The Labute approximate surface area is 86.8 Å². The summed E-state index contributed by atoms with van der Waals surface area (Å²) < 4.78 is 5.69. The Morgan fingerprint density at radius 3 is 2.71 bits per heavy atom. The topological polar surface area (TPSA) is 41.5 Å². The van der Waals surface area contributed by atoms with Crippen LogP contribution in [0, 0.1) is 0 Å². The van der Waals surface area contributed by atoms with Crippen molar-refractivity contribution >= 4 is 0 Å². The molecule has 0 saturated carbocycles. The number of hydrogen-bond donors (Lipinski definition) is 2. The summed E-state index contributed by atoms with van der Waals surface area (Å²) in [5.41, 5.74) is -0.634. The fraction of sp³-hybridized carbons (Fsp3) is 1.00. The zero-order valence-corrected chi connectivity index (χ0v) is 9.55. The molecule has 0 radical (unpaired) electrons. The summed E-state index contributed by atoms with van der Waals surface area (Å²) in [6, 6.07) is 0. The Hall–Kier alpha value is -0.120. The molecule has 2 N–H and O–H groups in total. The first kappa shape index (κ1) is 12.0. The lowest BCUT2D eigenvalue weighted by atomic mass is 9.97. The van der Waals surface area contributed by atoms with Crippen LogP contribution in [-0.4, -0.2) is 36.0 Å². The van der Waals surface area contributed by atoms with Gasteiger partial charge in [-0.15, -0.1) is 0 Å². The van der Waals surface area contributed by atoms with Crippen LogP contribution in [0.1, 0.15) is 40.0 Å². The van der Waals surface area contributed by atoms with Crippen LogP contribution in [0.3, 0.4) is 0 Å². The smallest absolute Gasteiger partial charge is 0.0768 e. The number of likely N-dealkylation sites (N-methyl/N-ethyl adjacent to an activating group) is 1. The molecule has 0 aromatic rings. The van der Waals surface area contributed by atoms with Crippen molar-refractivity contribution in [2.75, 3.05) is 13.1 Å². The maximum absolute atomic E-state index is 10.0. The van der Waals surface area contributed by atoms with Crippen molar-refractivity contribution in [2.45, 2.75) is 57.8 Å². The van der Waals surface area contributed by atoms with Gasteiger partial charge in [0.1, 0.15) is 0 Å². The second kappa shape index (κ2) is 5.10. The summed E-state index contributed by atoms with van der Waals surface area (Å²) in [5.74, 6) is 0. The van der Waals surface area contributed by atoms with Gasteiger partial charge in [0, 0.05) is 13.0 Å². The molecule has 1 aliphatic rings. The summed E-state index contributed by atoms with van der Waals surface area (Å²) in [5, 5.41) is 13.2. The second-order valence-corrected chi connectivity index (χ2v) is 4.63. The summed E-state index contributed by atoms with van der Waals surface area (Å²) in [6.07, 6.45) is 3.57. The largest absolute Gasteiger partial charge is 0.389 e. The molecule has 1 rings (SSSR count). The standard InChI is InChI=1S/C11H23NO2/c1-4-12-8-11(3,13)7-10-6-5-9(2)14-10/h9-10,12-13H,4-8H2,1-3H3. The lowest BCUT2D eigenvalue weighted by Gasteiger charge is -2.26. The SMILES string of the molecule is CCNCC(C)(O)CC1CCC(C)O1. The second-order valence-electron chi connectivity index (χ2n) is 4.63. The van der Waals surface area contributed by atoms with E-state index in [9.17, 15) is 5.11 Å². The van der Waals surface area contributed by atoms with Gasteiger partial charge in [0.2, 0.25) is 0 Å². The summed E-state index contributed by atoms with van der Waals surface area (Å²) in [4.78, 5) is 0. The van der Waals surface area contributed by atoms with E-state index in [-0.39, 0.29) is 6.10 Å². The van der Waals surface area contributed by atoms with Crippen LogP contribution in [-0.2, 0) is 4.74 Å². The number of nitrogens with one attached hydrogen (secondary N) is 1. The third-order valence-corrected chi connectivity index (χ3v) is 2.74. The van der Waals surface area contributed by atoms with Gasteiger partial charge >= 0.3 is 0 Å². The molecule has 1 aliphatic heterocycles. The maximum atomic E-state index is 10.0. The van der Waals surface area contributed by atoms with Gasteiger partial charge in [0.05, 0.1) is 17.8 Å². The Morgan fingerprint density at radius 2 is 2.21 bits per heavy atom. The Kier molecular flexibility index (Phi) is 4.35. The molecule has 14 heavy (non-hydrogen) atoms. The average molecular weight is 201 g/mol. The van der Waals surface area contributed by atoms with Gasteiger partial charge in [-0.05, 0) is 33.2 Å². The maximum Gasteiger partial charge on any atom is 0.0768 e.